The lowest BCUT2D eigenvalue weighted by molar-refractivity contribution is 0.0664. The number of piperidine rings is 1. The molecule has 3 aromatic rings. The number of hydrogen-bond donors (Lipinski definition) is 4. The molecule has 0 radical (unpaired) electrons. The van der Waals surface area contributed by atoms with Crippen LogP contribution in [0, 0.1) is 0 Å². The Hall–Kier alpha value is -4.09. The molecular formula is C27H27N3O7S. The van der Waals surface area contributed by atoms with Crippen molar-refractivity contribution in [2.24, 2.45) is 0 Å². The molecule has 3 aromatic carbocycles. The third-order valence-electron chi connectivity index (χ3n) is 7.00. The first-order valence-corrected chi connectivity index (χ1v) is 13.6. The van der Waals surface area contributed by atoms with Crippen LogP contribution in [0.25, 0.3) is 0 Å². The van der Waals surface area contributed by atoms with Crippen LogP contribution in [-0.4, -0.2) is 64.0 Å². The Morgan fingerprint density at radius 2 is 1.55 bits per heavy atom. The van der Waals surface area contributed by atoms with E-state index >= 15 is 0 Å². The topological polar surface area (TPSA) is 147 Å². The fourth-order valence-corrected chi connectivity index (χ4v) is 6.43. The fourth-order valence-electron chi connectivity index (χ4n) is 4.98. The molecule has 10 nitrogen and oxygen atoms in total. The van der Waals surface area contributed by atoms with Crippen molar-refractivity contribution in [2.75, 3.05) is 18.4 Å². The van der Waals surface area contributed by atoms with E-state index in [9.17, 15) is 33.3 Å². The average Bonchev–Trinajstić information content (AvgIpc) is 3.33. The number of anilines is 1. The summed E-state index contributed by atoms with van der Waals surface area (Å²) in [5, 5.41) is 32.4. The van der Waals surface area contributed by atoms with Gasteiger partial charge in [-0.3, -0.25) is 4.79 Å². The number of likely N-dealkylation sites (tertiary alicyclic amines) is 1. The second-order valence-corrected chi connectivity index (χ2v) is 11.4. The van der Waals surface area contributed by atoms with E-state index in [-0.39, 0.29) is 46.8 Å². The lowest BCUT2D eigenvalue weighted by Gasteiger charge is -2.33. The highest BCUT2D eigenvalue weighted by atomic mass is 32.2. The SMILES string of the molecule is O=C(O)c1ccccc1C(=O)N1CCC(Nc2ccc3c(c2)CN(S(=O)(=O)c2ccc(O)cc2O)C3)CC1. The zero-order valence-corrected chi connectivity index (χ0v) is 21.2. The molecule has 0 spiro atoms. The quantitative estimate of drug-likeness (QED) is 0.375. The van der Waals surface area contributed by atoms with Crippen LogP contribution < -0.4 is 5.32 Å². The van der Waals surface area contributed by atoms with Crippen LogP contribution in [-0.2, 0) is 23.1 Å². The summed E-state index contributed by atoms with van der Waals surface area (Å²) in [4.78, 5) is 25.8. The predicted molar refractivity (Wildman–Crippen MR) is 139 cm³/mol. The predicted octanol–water partition coefficient (Wildman–Crippen LogP) is 3.22. The number of phenolic OH excluding ortho intramolecular Hbond substituents is 2. The van der Waals surface area contributed by atoms with E-state index in [2.05, 4.69) is 5.32 Å². The van der Waals surface area contributed by atoms with Gasteiger partial charge in [-0.05, 0) is 60.4 Å². The maximum Gasteiger partial charge on any atom is 0.336 e. The number of carbonyl (C=O) groups is 2. The van der Waals surface area contributed by atoms with E-state index in [1.165, 1.54) is 28.6 Å². The average molecular weight is 538 g/mol. The highest BCUT2D eigenvalue weighted by Crippen LogP contribution is 2.35. The summed E-state index contributed by atoms with van der Waals surface area (Å²) in [7, 11) is -3.96. The number of nitrogens with one attached hydrogen (secondary N) is 1. The minimum absolute atomic E-state index is 0.00688. The molecule has 2 heterocycles. The summed E-state index contributed by atoms with van der Waals surface area (Å²) in [6.07, 6.45) is 1.36. The molecule has 0 aromatic heterocycles. The number of sulfonamides is 1. The number of carboxylic acids is 1. The van der Waals surface area contributed by atoms with E-state index in [4.69, 9.17) is 0 Å². The summed E-state index contributed by atoms with van der Waals surface area (Å²) < 4.78 is 27.5. The van der Waals surface area contributed by atoms with Crippen LogP contribution in [0.15, 0.2) is 65.6 Å². The van der Waals surface area contributed by atoms with Crippen LogP contribution in [0.4, 0.5) is 5.69 Å². The number of carbonyl (C=O) groups excluding carboxylic acids is 1. The van der Waals surface area contributed by atoms with Gasteiger partial charge < -0.3 is 25.5 Å². The molecule has 2 aliphatic rings. The maximum absolute atomic E-state index is 13.1. The third-order valence-corrected chi connectivity index (χ3v) is 8.84. The van der Waals surface area contributed by atoms with Crippen molar-refractivity contribution in [3.05, 3.63) is 82.9 Å². The second-order valence-electron chi connectivity index (χ2n) is 9.47. The molecule has 11 heteroatoms. The van der Waals surface area contributed by atoms with Gasteiger partial charge in [0.25, 0.3) is 5.91 Å². The zero-order valence-electron chi connectivity index (χ0n) is 20.4. The Bertz CT molecular complexity index is 1510. The number of phenols is 2. The minimum Gasteiger partial charge on any atom is -0.508 e. The van der Waals surface area contributed by atoms with Crippen LogP contribution in [0.3, 0.4) is 0 Å². The second kappa shape index (κ2) is 9.99. The first kappa shape index (κ1) is 25.6. The van der Waals surface area contributed by atoms with Gasteiger partial charge in [-0.2, -0.15) is 4.31 Å². The Kier molecular flexibility index (Phi) is 6.72. The van der Waals surface area contributed by atoms with Gasteiger partial charge in [0.15, 0.2) is 0 Å². The first-order valence-electron chi connectivity index (χ1n) is 12.2. The highest BCUT2D eigenvalue weighted by Gasteiger charge is 2.33. The first-order chi connectivity index (χ1) is 18.1. The Labute approximate surface area is 219 Å². The molecule has 198 valence electrons. The van der Waals surface area contributed by atoms with E-state index in [1.54, 1.807) is 17.0 Å². The van der Waals surface area contributed by atoms with Gasteiger partial charge in [0.05, 0.1) is 11.1 Å². The summed E-state index contributed by atoms with van der Waals surface area (Å²) in [5.41, 5.74) is 2.75. The van der Waals surface area contributed by atoms with Crippen molar-refractivity contribution >= 4 is 27.6 Å². The Balaban J connectivity index is 1.21. The standard InChI is InChI=1S/C27H27N3O7S/c31-21-7-8-25(24(32)14-21)38(36,37)30-15-17-5-6-20(13-18(17)16-30)28-19-9-11-29(12-10-19)26(33)22-3-1-2-4-23(22)27(34)35/h1-8,13-14,19,28,31-32H,9-12,15-16H2,(H,34,35). The van der Waals surface area contributed by atoms with E-state index in [0.29, 0.717) is 25.9 Å². The summed E-state index contributed by atoms with van der Waals surface area (Å²) in [6.45, 7) is 1.30. The molecule has 0 atom stereocenters. The largest absolute Gasteiger partial charge is 0.508 e. The number of carboxylic acid groups (broad SMARTS) is 1. The molecule has 5 rings (SSSR count). The van der Waals surface area contributed by atoms with Gasteiger partial charge >= 0.3 is 5.97 Å². The van der Waals surface area contributed by atoms with Crippen LogP contribution >= 0.6 is 0 Å². The fraction of sp³-hybridized carbons (Fsp3) is 0.259. The number of amides is 1. The lowest BCUT2D eigenvalue weighted by atomic mass is 10.0. The van der Waals surface area contributed by atoms with Crippen molar-refractivity contribution in [3.63, 3.8) is 0 Å². The van der Waals surface area contributed by atoms with E-state index in [1.807, 2.05) is 18.2 Å². The maximum atomic E-state index is 13.1. The van der Waals surface area contributed by atoms with Crippen molar-refractivity contribution in [1.29, 1.82) is 0 Å². The molecule has 0 saturated carbocycles. The summed E-state index contributed by atoms with van der Waals surface area (Å²) in [6, 6.07) is 15.4. The minimum atomic E-state index is -3.96. The molecule has 4 N–H and O–H groups in total. The molecule has 2 aliphatic heterocycles. The van der Waals surface area contributed by atoms with Gasteiger partial charge in [-0.1, -0.05) is 18.2 Å². The lowest BCUT2D eigenvalue weighted by Crippen LogP contribution is -2.42. The highest BCUT2D eigenvalue weighted by molar-refractivity contribution is 7.89. The molecule has 1 fully saturated rings. The van der Waals surface area contributed by atoms with Crippen molar-refractivity contribution < 1.29 is 33.3 Å². The smallest absolute Gasteiger partial charge is 0.336 e. The number of rotatable bonds is 6. The monoisotopic (exact) mass is 537 g/mol. The molecule has 1 amide bonds. The van der Waals surface area contributed by atoms with E-state index in [0.717, 1.165) is 22.9 Å². The third kappa shape index (κ3) is 4.90. The summed E-state index contributed by atoms with van der Waals surface area (Å²) in [5.74, 6) is -2.14. The molecule has 0 aliphatic carbocycles. The van der Waals surface area contributed by atoms with Gasteiger partial charge in [0.1, 0.15) is 16.4 Å². The number of nitrogens with zero attached hydrogens (tertiary/aromatic N) is 2. The van der Waals surface area contributed by atoms with Crippen molar-refractivity contribution in [3.8, 4) is 11.5 Å². The van der Waals surface area contributed by atoms with Gasteiger partial charge in [0, 0.05) is 44.0 Å². The number of aromatic hydroxyl groups is 2. The number of aromatic carboxylic acids is 1. The molecular weight excluding hydrogens is 510 g/mol. The molecule has 0 bridgehead atoms. The zero-order chi connectivity index (χ0) is 27.0. The van der Waals surface area contributed by atoms with Crippen LogP contribution in [0.2, 0.25) is 0 Å². The normalized spacial score (nSPS) is 16.3. The van der Waals surface area contributed by atoms with Gasteiger partial charge in [-0.25, -0.2) is 13.2 Å². The van der Waals surface area contributed by atoms with Crippen LogP contribution in [0.5, 0.6) is 11.5 Å². The Morgan fingerprint density at radius 1 is 0.868 bits per heavy atom. The van der Waals surface area contributed by atoms with Crippen LogP contribution in [0.1, 0.15) is 44.7 Å². The molecule has 1 saturated heterocycles. The number of hydrogen-bond acceptors (Lipinski definition) is 7. The van der Waals surface area contributed by atoms with Gasteiger partial charge in [0.2, 0.25) is 10.0 Å². The number of benzene rings is 3. The van der Waals surface area contributed by atoms with Crippen molar-refractivity contribution in [2.45, 2.75) is 36.9 Å². The molecule has 0 unspecified atom stereocenters. The molecule has 38 heavy (non-hydrogen) atoms. The summed E-state index contributed by atoms with van der Waals surface area (Å²) >= 11 is 0. The van der Waals surface area contributed by atoms with E-state index < -0.39 is 21.7 Å². The van der Waals surface area contributed by atoms with Gasteiger partial charge in [-0.15, -0.1) is 0 Å². The van der Waals surface area contributed by atoms with Crippen molar-refractivity contribution in [1.82, 2.24) is 9.21 Å². The Morgan fingerprint density at radius 3 is 2.24 bits per heavy atom. The number of fused-ring (bicyclic) bond motifs is 1.